The molecule has 1 aliphatic rings. The van der Waals surface area contributed by atoms with Gasteiger partial charge in [0, 0.05) is 35.3 Å². The van der Waals surface area contributed by atoms with Crippen LogP contribution in [0.2, 0.25) is 10.0 Å². The maximum atomic E-state index is 6.10. The summed E-state index contributed by atoms with van der Waals surface area (Å²) in [6.45, 7) is 4.51. The first-order valence-electron chi connectivity index (χ1n) is 5.88. The first-order chi connectivity index (χ1) is 8.11. The average Bonchev–Trinajstić information content (AvgIpc) is 2.70. The van der Waals surface area contributed by atoms with Gasteiger partial charge in [0.05, 0.1) is 5.60 Å². The van der Waals surface area contributed by atoms with E-state index in [-0.39, 0.29) is 5.60 Å². The van der Waals surface area contributed by atoms with Gasteiger partial charge in [-0.25, -0.2) is 0 Å². The molecule has 2 nitrogen and oxygen atoms in total. The van der Waals surface area contributed by atoms with E-state index in [1.807, 2.05) is 18.2 Å². The zero-order valence-corrected chi connectivity index (χ0v) is 11.4. The Morgan fingerprint density at radius 2 is 2.06 bits per heavy atom. The lowest BCUT2D eigenvalue weighted by Gasteiger charge is -2.23. The van der Waals surface area contributed by atoms with Crippen molar-refractivity contribution in [1.29, 1.82) is 0 Å². The molecule has 0 bridgehead atoms. The number of ether oxygens (including phenoxy) is 1. The van der Waals surface area contributed by atoms with Crippen LogP contribution in [0.25, 0.3) is 0 Å². The van der Waals surface area contributed by atoms with Gasteiger partial charge in [-0.2, -0.15) is 0 Å². The Hall–Kier alpha value is -0.280. The van der Waals surface area contributed by atoms with Crippen molar-refractivity contribution in [2.24, 2.45) is 0 Å². The summed E-state index contributed by atoms with van der Waals surface area (Å²) in [5, 5.41) is 4.79. The lowest BCUT2D eigenvalue weighted by atomic mass is 10.0. The highest BCUT2D eigenvalue weighted by Gasteiger charge is 2.29. The monoisotopic (exact) mass is 273 g/mol. The van der Waals surface area contributed by atoms with Crippen LogP contribution < -0.4 is 5.32 Å². The van der Waals surface area contributed by atoms with Gasteiger partial charge in [-0.1, -0.05) is 29.3 Å². The van der Waals surface area contributed by atoms with Gasteiger partial charge in [0.2, 0.25) is 0 Å². The van der Waals surface area contributed by atoms with E-state index in [4.69, 9.17) is 27.9 Å². The summed E-state index contributed by atoms with van der Waals surface area (Å²) in [6.07, 6.45) is 2.25. The summed E-state index contributed by atoms with van der Waals surface area (Å²) in [5.74, 6) is 0. The quantitative estimate of drug-likeness (QED) is 0.904. The van der Waals surface area contributed by atoms with E-state index in [1.54, 1.807) is 0 Å². The minimum atomic E-state index is -0.0340. The zero-order valence-electron chi connectivity index (χ0n) is 9.93. The molecule has 0 amide bonds. The molecule has 1 N–H and O–H groups in total. The molecule has 1 unspecified atom stereocenters. The predicted molar refractivity (Wildman–Crippen MR) is 71.8 cm³/mol. The van der Waals surface area contributed by atoms with Crippen LogP contribution >= 0.6 is 23.2 Å². The van der Waals surface area contributed by atoms with E-state index in [0.29, 0.717) is 16.6 Å². The second-order valence-corrected chi connectivity index (χ2v) is 5.52. The van der Waals surface area contributed by atoms with Crippen LogP contribution in [0.3, 0.4) is 0 Å². The molecule has 0 radical (unpaired) electrons. The Bertz CT molecular complexity index is 369. The Morgan fingerprint density at radius 1 is 1.35 bits per heavy atom. The molecule has 0 aromatic heterocycles. The molecule has 1 fully saturated rings. The Labute approximate surface area is 112 Å². The number of nitrogens with one attached hydrogen (secondary N) is 1. The standard InChI is InChI=1S/C13H17Cl2NO/c1-13(6-3-7-17-13)9-16-8-10-11(14)4-2-5-12(10)15/h2,4-5,16H,3,6-9H2,1H3. The third-order valence-corrected chi connectivity index (χ3v) is 3.87. The molecule has 4 heteroatoms. The van der Waals surface area contributed by atoms with E-state index >= 15 is 0 Å². The van der Waals surface area contributed by atoms with Crippen molar-refractivity contribution < 1.29 is 4.74 Å². The molecule has 1 heterocycles. The van der Waals surface area contributed by atoms with Gasteiger partial charge in [-0.3, -0.25) is 0 Å². The summed E-state index contributed by atoms with van der Waals surface area (Å²) >= 11 is 12.2. The summed E-state index contributed by atoms with van der Waals surface area (Å²) in [6, 6.07) is 5.58. The lowest BCUT2D eigenvalue weighted by molar-refractivity contribution is 0.0207. The van der Waals surface area contributed by atoms with E-state index < -0.39 is 0 Å². The minimum Gasteiger partial charge on any atom is -0.374 e. The molecule has 1 aromatic carbocycles. The fourth-order valence-corrected chi connectivity index (χ4v) is 2.66. The highest BCUT2D eigenvalue weighted by atomic mass is 35.5. The van der Waals surface area contributed by atoms with Crippen LogP contribution in [0.1, 0.15) is 25.3 Å². The third-order valence-electron chi connectivity index (χ3n) is 3.16. The molecular weight excluding hydrogens is 257 g/mol. The summed E-state index contributed by atoms with van der Waals surface area (Å²) in [7, 11) is 0. The van der Waals surface area contributed by atoms with Crippen LogP contribution in [-0.4, -0.2) is 18.8 Å². The van der Waals surface area contributed by atoms with Crippen LogP contribution in [-0.2, 0) is 11.3 Å². The SMILES string of the molecule is CC1(CNCc2c(Cl)cccc2Cl)CCCO1. The number of hydrogen-bond donors (Lipinski definition) is 1. The molecule has 1 atom stereocenters. The number of rotatable bonds is 4. The summed E-state index contributed by atoms with van der Waals surface area (Å²) in [4.78, 5) is 0. The lowest BCUT2D eigenvalue weighted by Crippen LogP contribution is -2.36. The number of hydrogen-bond acceptors (Lipinski definition) is 2. The molecule has 0 aliphatic carbocycles. The highest BCUT2D eigenvalue weighted by Crippen LogP contribution is 2.26. The highest BCUT2D eigenvalue weighted by molar-refractivity contribution is 6.35. The van der Waals surface area contributed by atoms with Gasteiger partial charge >= 0.3 is 0 Å². The van der Waals surface area contributed by atoms with Gasteiger partial charge in [-0.05, 0) is 31.9 Å². The first-order valence-corrected chi connectivity index (χ1v) is 6.64. The largest absolute Gasteiger partial charge is 0.374 e. The molecular formula is C13H17Cl2NO. The molecule has 2 rings (SSSR count). The molecule has 94 valence electrons. The van der Waals surface area contributed by atoms with Crippen LogP contribution in [0.5, 0.6) is 0 Å². The second kappa shape index (κ2) is 5.57. The fourth-order valence-electron chi connectivity index (χ4n) is 2.13. The Morgan fingerprint density at radius 3 is 2.65 bits per heavy atom. The van der Waals surface area contributed by atoms with Crippen LogP contribution in [0, 0.1) is 0 Å². The molecule has 1 aliphatic heterocycles. The van der Waals surface area contributed by atoms with Crippen molar-refractivity contribution in [1.82, 2.24) is 5.32 Å². The smallest absolute Gasteiger partial charge is 0.0779 e. The maximum Gasteiger partial charge on any atom is 0.0779 e. The fraction of sp³-hybridized carbons (Fsp3) is 0.538. The molecule has 1 aromatic rings. The summed E-state index contributed by atoms with van der Waals surface area (Å²) < 4.78 is 5.71. The van der Waals surface area contributed by atoms with E-state index in [1.165, 1.54) is 0 Å². The minimum absolute atomic E-state index is 0.0340. The third kappa shape index (κ3) is 3.35. The zero-order chi connectivity index (χ0) is 12.3. The van der Waals surface area contributed by atoms with Gasteiger partial charge in [0.25, 0.3) is 0 Å². The second-order valence-electron chi connectivity index (χ2n) is 4.71. The summed E-state index contributed by atoms with van der Waals surface area (Å²) in [5.41, 5.74) is 0.922. The van der Waals surface area contributed by atoms with Gasteiger partial charge in [0.15, 0.2) is 0 Å². The van der Waals surface area contributed by atoms with Crippen molar-refractivity contribution in [3.8, 4) is 0 Å². The van der Waals surface area contributed by atoms with E-state index in [9.17, 15) is 0 Å². The van der Waals surface area contributed by atoms with Gasteiger partial charge in [-0.15, -0.1) is 0 Å². The average molecular weight is 274 g/mol. The normalized spacial score (nSPS) is 24.2. The predicted octanol–water partition coefficient (Wildman–Crippen LogP) is 3.65. The van der Waals surface area contributed by atoms with Crippen LogP contribution in [0.4, 0.5) is 0 Å². The Kier molecular flexibility index (Phi) is 4.31. The first kappa shape index (κ1) is 13.2. The van der Waals surface area contributed by atoms with E-state index in [0.717, 1.165) is 31.6 Å². The van der Waals surface area contributed by atoms with Crippen molar-refractivity contribution in [2.45, 2.75) is 31.9 Å². The van der Waals surface area contributed by atoms with E-state index in [2.05, 4.69) is 12.2 Å². The van der Waals surface area contributed by atoms with Crippen molar-refractivity contribution >= 4 is 23.2 Å². The number of halogens is 2. The Balaban J connectivity index is 1.90. The topological polar surface area (TPSA) is 21.3 Å². The molecule has 1 saturated heterocycles. The molecule has 0 spiro atoms. The van der Waals surface area contributed by atoms with Gasteiger partial charge < -0.3 is 10.1 Å². The van der Waals surface area contributed by atoms with Crippen molar-refractivity contribution in [3.05, 3.63) is 33.8 Å². The van der Waals surface area contributed by atoms with Crippen molar-refractivity contribution in [2.75, 3.05) is 13.2 Å². The molecule has 17 heavy (non-hydrogen) atoms. The molecule has 0 saturated carbocycles. The van der Waals surface area contributed by atoms with Gasteiger partial charge in [0.1, 0.15) is 0 Å². The van der Waals surface area contributed by atoms with Crippen LogP contribution in [0.15, 0.2) is 18.2 Å². The maximum absolute atomic E-state index is 6.10. The van der Waals surface area contributed by atoms with Crippen molar-refractivity contribution in [3.63, 3.8) is 0 Å². The number of benzene rings is 1.